The van der Waals surface area contributed by atoms with Crippen LogP contribution in [0.2, 0.25) is 0 Å². The van der Waals surface area contributed by atoms with Gasteiger partial charge in [-0.2, -0.15) is 0 Å². The molecule has 0 bridgehead atoms. The molecule has 0 unspecified atom stereocenters. The van der Waals surface area contributed by atoms with Crippen LogP contribution in [0.4, 0.5) is 0 Å². The van der Waals surface area contributed by atoms with Crippen LogP contribution in [0, 0.1) is 0 Å². The smallest absolute Gasteiger partial charge is 0.338 e. The molecule has 0 aromatic carbocycles. The summed E-state index contributed by atoms with van der Waals surface area (Å²) >= 11 is 5.57. The minimum absolute atomic E-state index is 0. The van der Waals surface area contributed by atoms with Crippen molar-refractivity contribution < 1.29 is 9.53 Å². The van der Waals surface area contributed by atoms with Gasteiger partial charge in [0.25, 0.3) is 0 Å². The summed E-state index contributed by atoms with van der Waals surface area (Å²) in [5.74, 6) is -0.0379. The van der Waals surface area contributed by atoms with Crippen molar-refractivity contribution in [3.8, 4) is 0 Å². The number of hydrogen-bond acceptors (Lipinski definition) is 3. The predicted molar refractivity (Wildman–Crippen MR) is 57.0 cm³/mol. The SMILES string of the molecule is CCOC(=O)c1ccnc(CCl)c1.Cl. The van der Waals surface area contributed by atoms with Gasteiger partial charge in [0.15, 0.2) is 0 Å². The number of rotatable bonds is 3. The summed E-state index contributed by atoms with van der Waals surface area (Å²) in [5.41, 5.74) is 1.17. The normalized spacial score (nSPS) is 9.00. The molecule has 3 nitrogen and oxygen atoms in total. The van der Waals surface area contributed by atoms with Gasteiger partial charge in [-0.3, -0.25) is 4.98 Å². The van der Waals surface area contributed by atoms with Crippen LogP contribution < -0.4 is 0 Å². The standard InChI is InChI=1S/C9H10ClNO2.ClH/c1-2-13-9(12)7-3-4-11-8(5-7)6-10;/h3-5H,2,6H2,1H3;1H. The van der Waals surface area contributed by atoms with Crippen molar-refractivity contribution in [1.29, 1.82) is 0 Å². The van der Waals surface area contributed by atoms with Crippen molar-refractivity contribution in [2.24, 2.45) is 0 Å². The van der Waals surface area contributed by atoms with E-state index in [2.05, 4.69) is 4.98 Å². The van der Waals surface area contributed by atoms with Crippen LogP contribution in [0.1, 0.15) is 23.0 Å². The minimum Gasteiger partial charge on any atom is -0.462 e. The van der Waals surface area contributed by atoms with E-state index in [0.717, 1.165) is 0 Å². The number of halogens is 2. The van der Waals surface area contributed by atoms with E-state index in [-0.39, 0.29) is 18.4 Å². The molecule has 0 saturated carbocycles. The number of alkyl halides is 1. The molecular weight excluding hydrogens is 225 g/mol. The Hall–Kier alpha value is -0.800. The molecule has 1 aromatic rings. The summed E-state index contributed by atoms with van der Waals surface area (Å²) in [5, 5.41) is 0. The first-order chi connectivity index (χ1) is 6.27. The lowest BCUT2D eigenvalue weighted by molar-refractivity contribution is 0.0526. The lowest BCUT2D eigenvalue weighted by atomic mass is 10.2. The van der Waals surface area contributed by atoms with E-state index in [1.165, 1.54) is 0 Å². The van der Waals surface area contributed by atoms with E-state index >= 15 is 0 Å². The molecule has 0 fully saturated rings. The average Bonchev–Trinajstić information content (AvgIpc) is 2.18. The Labute approximate surface area is 93.8 Å². The van der Waals surface area contributed by atoms with Crippen LogP contribution in [0.5, 0.6) is 0 Å². The highest BCUT2D eigenvalue weighted by molar-refractivity contribution is 6.16. The number of pyridine rings is 1. The summed E-state index contributed by atoms with van der Waals surface area (Å²) in [7, 11) is 0. The second-order valence-corrected chi connectivity index (χ2v) is 2.66. The van der Waals surface area contributed by atoms with Crippen molar-refractivity contribution in [1.82, 2.24) is 4.98 Å². The topological polar surface area (TPSA) is 39.2 Å². The van der Waals surface area contributed by atoms with E-state index in [4.69, 9.17) is 16.3 Å². The van der Waals surface area contributed by atoms with Crippen LogP contribution in [-0.2, 0) is 10.6 Å². The van der Waals surface area contributed by atoms with E-state index in [1.807, 2.05) is 0 Å². The summed E-state index contributed by atoms with van der Waals surface area (Å²) in [4.78, 5) is 15.2. The van der Waals surface area contributed by atoms with E-state index in [1.54, 1.807) is 25.3 Å². The third-order valence-corrected chi connectivity index (χ3v) is 1.74. The third kappa shape index (κ3) is 3.52. The predicted octanol–water partition coefficient (Wildman–Crippen LogP) is 2.42. The quantitative estimate of drug-likeness (QED) is 0.597. The molecule has 78 valence electrons. The van der Waals surface area contributed by atoms with Crippen LogP contribution >= 0.6 is 24.0 Å². The average molecular weight is 236 g/mol. The number of esters is 1. The van der Waals surface area contributed by atoms with Crippen molar-refractivity contribution in [2.75, 3.05) is 6.61 Å². The highest BCUT2D eigenvalue weighted by Crippen LogP contribution is 2.05. The second-order valence-electron chi connectivity index (χ2n) is 2.39. The van der Waals surface area contributed by atoms with Gasteiger partial charge in [0.05, 0.1) is 23.7 Å². The first-order valence-electron chi connectivity index (χ1n) is 3.96. The van der Waals surface area contributed by atoms with Gasteiger partial charge in [-0.1, -0.05) is 0 Å². The van der Waals surface area contributed by atoms with Gasteiger partial charge in [-0.15, -0.1) is 24.0 Å². The zero-order chi connectivity index (χ0) is 9.68. The number of nitrogens with zero attached hydrogens (tertiary/aromatic N) is 1. The maximum atomic E-state index is 11.2. The molecule has 14 heavy (non-hydrogen) atoms. The highest BCUT2D eigenvalue weighted by atomic mass is 35.5. The summed E-state index contributed by atoms with van der Waals surface area (Å²) in [6.07, 6.45) is 1.55. The van der Waals surface area contributed by atoms with E-state index in [9.17, 15) is 4.79 Å². The first-order valence-corrected chi connectivity index (χ1v) is 4.49. The molecule has 1 heterocycles. The first kappa shape index (κ1) is 13.2. The summed E-state index contributed by atoms with van der Waals surface area (Å²) in [6.45, 7) is 2.14. The van der Waals surface area contributed by atoms with Gasteiger partial charge in [0.1, 0.15) is 0 Å². The molecule has 5 heteroatoms. The molecule has 0 aliphatic rings. The van der Waals surface area contributed by atoms with Crippen molar-refractivity contribution in [2.45, 2.75) is 12.8 Å². The number of carbonyl (C=O) groups is 1. The molecule has 0 radical (unpaired) electrons. The molecule has 0 amide bonds. The van der Waals surface area contributed by atoms with Gasteiger partial charge in [-0.25, -0.2) is 4.79 Å². The van der Waals surface area contributed by atoms with Gasteiger partial charge >= 0.3 is 5.97 Å². The highest BCUT2D eigenvalue weighted by Gasteiger charge is 2.06. The van der Waals surface area contributed by atoms with E-state index < -0.39 is 0 Å². The van der Waals surface area contributed by atoms with Crippen molar-refractivity contribution >= 4 is 30.0 Å². The molecule has 0 aliphatic carbocycles. The van der Waals surface area contributed by atoms with Crippen LogP contribution in [0.25, 0.3) is 0 Å². The third-order valence-electron chi connectivity index (χ3n) is 1.46. The fraction of sp³-hybridized carbons (Fsp3) is 0.333. The molecule has 0 atom stereocenters. The Morgan fingerprint density at radius 1 is 1.64 bits per heavy atom. The van der Waals surface area contributed by atoms with Crippen molar-refractivity contribution in [3.63, 3.8) is 0 Å². The maximum absolute atomic E-state index is 11.2. The molecule has 1 aromatic heterocycles. The fourth-order valence-corrected chi connectivity index (χ4v) is 1.04. The van der Waals surface area contributed by atoms with E-state index in [0.29, 0.717) is 23.7 Å². The zero-order valence-electron chi connectivity index (χ0n) is 7.70. The number of hydrogen-bond donors (Lipinski definition) is 0. The van der Waals surface area contributed by atoms with Crippen LogP contribution in [0.3, 0.4) is 0 Å². The number of ether oxygens (including phenoxy) is 1. The minimum atomic E-state index is -0.337. The Morgan fingerprint density at radius 2 is 2.36 bits per heavy atom. The Bertz CT molecular complexity index is 305. The largest absolute Gasteiger partial charge is 0.462 e. The molecule has 0 aliphatic heterocycles. The molecule has 0 N–H and O–H groups in total. The van der Waals surface area contributed by atoms with Gasteiger partial charge < -0.3 is 4.74 Å². The lowest BCUT2D eigenvalue weighted by Crippen LogP contribution is -2.05. The maximum Gasteiger partial charge on any atom is 0.338 e. The Balaban J connectivity index is 0.00000169. The zero-order valence-corrected chi connectivity index (χ0v) is 9.27. The lowest BCUT2D eigenvalue weighted by Gasteiger charge is -2.01. The summed E-state index contributed by atoms with van der Waals surface area (Å²) < 4.78 is 4.82. The fourth-order valence-electron chi connectivity index (χ4n) is 0.893. The molecule has 0 saturated heterocycles. The molecule has 1 rings (SSSR count). The van der Waals surface area contributed by atoms with Crippen molar-refractivity contribution in [3.05, 3.63) is 29.6 Å². The Morgan fingerprint density at radius 3 is 2.93 bits per heavy atom. The second kappa shape index (κ2) is 6.62. The van der Waals surface area contributed by atoms with Gasteiger partial charge in [0.2, 0.25) is 0 Å². The van der Waals surface area contributed by atoms with Crippen LogP contribution in [0.15, 0.2) is 18.3 Å². The van der Waals surface area contributed by atoms with Gasteiger partial charge in [-0.05, 0) is 19.1 Å². The molecule has 0 spiro atoms. The summed E-state index contributed by atoms with van der Waals surface area (Å²) in [6, 6.07) is 3.24. The molecular formula is C9H11Cl2NO2. The number of aromatic nitrogens is 1. The van der Waals surface area contributed by atoms with Gasteiger partial charge in [0, 0.05) is 6.20 Å². The monoisotopic (exact) mass is 235 g/mol. The van der Waals surface area contributed by atoms with Crippen LogP contribution in [-0.4, -0.2) is 17.6 Å². The number of carbonyl (C=O) groups excluding carboxylic acids is 1. The Kier molecular flexibility index (Phi) is 6.25.